The van der Waals surface area contributed by atoms with Crippen LogP contribution in [0.5, 0.6) is 0 Å². The molecular weight excluding hydrogens is 296 g/mol. The summed E-state index contributed by atoms with van der Waals surface area (Å²) in [6.45, 7) is 0.485. The van der Waals surface area contributed by atoms with Gasteiger partial charge in [-0.05, 0) is 11.1 Å². The van der Waals surface area contributed by atoms with Gasteiger partial charge < -0.3 is 9.47 Å². The van der Waals surface area contributed by atoms with Crippen molar-refractivity contribution in [1.29, 1.82) is 0 Å². The van der Waals surface area contributed by atoms with Gasteiger partial charge in [-0.1, -0.05) is 24.3 Å². The van der Waals surface area contributed by atoms with Gasteiger partial charge in [0, 0.05) is 11.5 Å². The van der Waals surface area contributed by atoms with Gasteiger partial charge >= 0.3 is 11.9 Å². The van der Waals surface area contributed by atoms with Crippen LogP contribution in [0.1, 0.15) is 24.0 Å². The summed E-state index contributed by atoms with van der Waals surface area (Å²) >= 11 is 7.92. The highest BCUT2D eigenvalue weighted by molar-refractivity contribution is 7.80. The van der Waals surface area contributed by atoms with Gasteiger partial charge in [0.25, 0.3) is 0 Å². The van der Waals surface area contributed by atoms with Crippen molar-refractivity contribution >= 4 is 37.2 Å². The highest BCUT2D eigenvalue weighted by atomic mass is 32.1. The van der Waals surface area contributed by atoms with Crippen molar-refractivity contribution in [2.45, 2.75) is 26.1 Å². The molecule has 0 N–H and O–H groups in total. The van der Waals surface area contributed by atoms with Crippen LogP contribution in [0.2, 0.25) is 0 Å². The number of hydrogen-bond donors (Lipinski definition) is 2. The molecule has 20 heavy (non-hydrogen) atoms. The Kier molecular flexibility index (Phi) is 8.22. The molecule has 0 amide bonds. The Morgan fingerprint density at radius 2 is 1.15 bits per heavy atom. The molecule has 0 unspecified atom stereocenters. The third kappa shape index (κ3) is 6.86. The molecule has 1 rings (SSSR count). The van der Waals surface area contributed by atoms with Gasteiger partial charge in [-0.2, -0.15) is 25.3 Å². The van der Waals surface area contributed by atoms with E-state index in [0.29, 0.717) is 24.3 Å². The first-order valence-electron chi connectivity index (χ1n) is 6.26. The van der Waals surface area contributed by atoms with E-state index >= 15 is 0 Å². The molecule has 0 atom stereocenters. The Morgan fingerprint density at radius 3 is 1.45 bits per heavy atom. The zero-order valence-electron chi connectivity index (χ0n) is 11.1. The average molecular weight is 314 g/mol. The molecule has 0 radical (unpaired) electrons. The van der Waals surface area contributed by atoms with Crippen LogP contribution in [-0.2, 0) is 32.3 Å². The monoisotopic (exact) mass is 314 g/mol. The number of esters is 2. The lowest BCUT2D eigenvalue weighted by Crippen LogP contribution is -2.06. The van der Waals surface area contributed by atoms with Crippen LogP contribution in [0.3, 0.4) is 0 Å². The zero-order valence-corrected chi connectivity index (χ0v) is 12.9. The summed E-state index contributed by atoms with van der Waals surface area (Å²) in [5, 5.41) is 0. The van der Waals surface area contributed by atoms with Crippen molar-refractivity contribution in [2.24, 2.45) is 0 Å². The van der Waals surface area contributed by atoms with E-state index in [0.717, 1.165) is 11.1 Å². The second-order valence-corrected chi connectivity index (χ2v) is 4.98. The number of benzene rings is 1. The number of carbonyl (C=O) groups is 2. The maximum Gasteiger partial charge on any atom is 0.306 e. The number of hydrogen-bond acceptors (Lipinski definition) is 6. The largest absolute Gasteiger partial charge is 0.461 e. The third-order valence-corrected chi connectivity index (χ3v) is 2.90. The van der Waals surface area contributed by atoms with Crippen molar-refractivity contribution in [3.63, 3.8) is 0 Å². The molecule has 0 spiro atoms. The fraction of sp³-hybridized carbons (Fsp3) is 0.429. The summed E-state index contributed by atoms with van der Waals surface area (Å²) in [5.41, 5.74) is 1.78. The molecule has 0 heterocycles. The fourth-order valence-corrected chi connectivity index (χ4v) is 1.75. The van der Waals surface area contributed by atoms with E-state index < -0.39 is 0 Å². The maximum absolute atomic E-state index is 11.2. The van der Waals surface area contributed by atoms with Crippen molar-refractivity contribution in [3.8, 4) is 0 Å². The molecule has 4 nitrogen and oxygen atoms in total. The number of thiol groups is 2. The Bertz CT molecular complexity index is 390. The van der Waals surface area contributed by atoms with E-state index in [-0.39, 0.29) is 25.2 Å². The highest BCUT2D eigenvalue weighted by Gasteiger charge is 2.04. The molecule has 0 bridgehead atoms. The van der Waals surface area contributed by atoms with Crippen molar-refractivity contribution < 1.29 is 19.1 Å². The zero-order chi connectivity index (χ0) is 14.8. The minimum absolute atomic E-state index is 0.242. The van der Waals surface area contributed by atoms with Gasteiger partial charge in [0.1, 0.15) is 13.2 Å². The standard InChI is InChI=1S/C14H18O4S2/c15-13(5-7-19)17-9-11-1-2-12(4-3-11)10-18-14(16)6-8-20/h1-4,19-20H,5-10H2. The second-order valence-electron chi connectivity index (χ2n) is 4.09. The smallest absolute Gasteiger partial charge is 0.306 e. The van der Waals surface area contributed by atoms with Crippen molar-refractivity contribution in [2.75, 3.05) is 11.5 Å². The molecule has 1 aromatic carbocycles. The molecule has 1 aromatic rings. The summed E-state index contributed by atoms with van der Waals surface area (Å²) in [4.78, 5) is 22.4. The molecule has 110 valence electrons. The summed E-state index contributed by atoms with van der Waals surface area (Å²) in [6.07, 6.45) is 0.616. The third-order valence-electron chi connectivity index (χ3n) is 2.45. The Balaban J connectivity index is 2.36. The lowest BCUT2D eigenvalue weighted by Gasteiger charge is -2.06. The number of ether oxygens (including phenoxy) is 2. The first-order chi connectivity index (χ1) is 9.65. The topological polar surface area (TPSA) is 52.6 Å². The predicted octanol–water partition coefficient (Wildman–Crippen LogP) is 2.41. The van der Waals surface area contributed by atoms with E-state index in [1.54, 1.807) is 0 Å². The Morgan fingerprint density at radius 1 is 0.800 bits per heavy atom. The van der Waals surface area contributed by atoms with Gasteiger partial charge in [0.15, 0.2) is 0 Å². The summed E-state index contributed by atoms with van der Waals surface area (Å²) in [6, 6.07) is 7.37. The quantitative estimate of drug-likeness (QED) is 0.571. The molecule has 0 saturated carbocycles. The minimum Gasteiger partial charge on any atom is -0.461 e. The van der Waals surface area contributed by atoms with E-state index in [1.165, 1.54) is 0 Å². The van der Waals surface area contributed by atoms with Crippen molar-refractivity contribution in [1.82, 2.24) is 0 Å². The predicted molar refractivity (Wildman–Crippen MR) is 83.0 cm³/mol. The van der Waals surface area contributed by atoms with Crippen LogP contribution < -0.4 is 0 Å². The van der Waals surface area contributed by atoms with Crippen molar-refractivity contribution in [3.05, 3.63) is 35.4 Å². The van der Waals surface area contributed by atoms with E-state index in [1.807, 2.05) is 24.3 Å². The Hall–Kier alpha value is -1.14. The van der Waals surface area contributed by atoms with Gasteiger partial charge in [0.2, 0.25) is 0 Å². The number of rotatable bonds is 8. The maximum atomic E-state index is 11.2. The van der Waals surface area contributed by atoms with Crippen LogP contribution >= 0.6 is 25.3 Å². The molecule has 6 heteroatoms. The molecular formula is C14H18O4S2. The second kappa shape index (κ2) is 9.72. The summed E-state index contributed by atoms with van der Waals surface area (Å²) < 4.78 is 10.1. The first kappa shape index (κ1) is 16.9. The molecule has 0 saturated heterocycles. The van der Waals surface area contributed by atoms with Crippen LogP contribution in [0.4, 0.5) is 0 Å². The van der Waals surface area contributed by atoms with Gasteiger partial charge in [-0.3, -0.25) is 9.59 Å². The molecule has 0 fully saturated rings. The minimum atomic E-state index is -0.259. The molecule has 0 aliphatic heterocycles. The van der Waals surface area contributed by atoms with Gasteiger partial charge in [-0.25, -0.2) is 0 Å². The summed E-state index contributed by atoms with van der Waals surface area (Å²) in [7, 11) is 0. The van der Waals surface area contributed by atoms with Gasteiger partial charge in [-0.15, -0.1) is 0 Å². The SMILES string of the molecule is O=C(CCS)OCc1ccc(COC(=O)CCS)cc1. The lowest BCUT2D eigenvalue weighted by atomic mass is 10.1. The lowest BCUT2D eigenvalue weighted by molar-refractivity contribution is -0.145. The fourth-order valence-electron chi connectivity index (χ4n) is 1.39. The van der Waals surface area contributed by atoms with E-state index in [4.69, 9.17) is 9.47 Å². The van der Waals surface area contributed by atoms with Crippen LogP contribution in [0.25, 0.3) is 0 Å². The average Bonchev–Trinajstić information content (AvgIpc) is 2.45. The van der Waals surface area contributed by atoms with E-state index in [2.05, 4.69) is 25.3 Å². The van der Waals surface area contributed by atoms with Crippen LogP contribution in [0, 0.1) is 0 Å². The number of carbonyl (C=O) groups excluding carboxylic acids is 2. The summed E-state index contributed by atoms with van der Waals surface area (Å²) in [5.74, 6) is 0.444. The highest BCUT2D eigenvalue weighted by Crippen LogP contribution is 2.08. The van der Waals surface area contributed by atoms with Gasteiger partial charge in [0.05, 0.1) is 12.8 Å². The normalized spacial score (nSPS) is 10.1. The Labute approximate surface area is 129 Å². The molecule has 0 aromatic heterocycles. The van der Waals surface area contributed by atoms with E-state index in [9.17, 15) is 9.59 Å². The molecule has 0 aliphatic carbocycles. The van der Waals surface area contributed by atoms with Crippen LogP contribution in [0.15, 0.2) is 24.3 Å². The van der Waals surface area contributed by atoms with Crippen LogP contribution in [-0.4, -0.2) is 23.4 Å². The molecule has 0 aliphatic rings. The first-order valence-corrected chi connectivity index (χ1v) is 7.53.